The Labute approximate surface area is 145 Å². The molecule has 1 unspecified atom stereocenters. The van der Waals surface area contributed by atoms with E-state index < -0.39 is 6.04 Å². The van der Waals surface area contributed by atoms with E-state index in [-0.39, 0.29) is 11.8 Å². The van der Waals surface area contributed by atoms with Crippen LogP contribution in [0.1, 0.15) is 18.4 Å². The summed E-state index contributed by atoms with van der Waals surface area (Å²) in [6.45, 7) is 0.583. The maximum atomic E-state index is 12.4. The molecule has 1 aromatic heterocycles. The van der Waals surface area contributed by atoms with E-state index in [1.165, 1.54) is 0 Å². The summed E-state index contributed by atoms with van der Waals surface area (Å²) in [4.78, 5) is 26.2. The normalized spacial score (nSPS) is 17.3. The van der Waals surface area contributed by atoms with Gasteiger partial charge in [0.05, 0.1) is 11.9 Å². The second kappa shape index (κ2) is 7.05. The van der Waals surface area contributed by atoms with Crippen molar-refractivity contribution in [3.8, 4) is 0 Å². The van der Waals surface area contributed by atoms with Crippen LogP contribution in [0.3, 0.4) is 0 Å². The number of anilines is 1. The molecule has 7 heteroatoms. The molecule has 1 saturated heterocycles. The van der Waals surface area contributed by atoms with Crippen LogP contribution in [0.15, 0.2) is 36.7 Å². The Hall–Kier alpha value is -2.34. The van der Waals surface area contributed by atoms with Crippen molar-refractivity contribution in [2.75, 3.05) is 11.4 Å². The summed E-state index contributed by atoms with van der Waals surface area (Å²) < 4.78 is 1.65. The molecule has 1 aromatic carbocycles. The zero-order valence-corrected chi connectivity index (χ0v) is 14.2. The lowest BCUT2D eigenvalue weighted by molar-refractivity contribution is -0.126. The first-order valence-corrected chi connectivity index (χ1v) is 8.25. The van der Waals surface area contributed by atoms with Crippen molar-refractivity contribution in [1.29, 1.82) is 0 Å². The lowest BCUT2D eigenvalue weighted by atomic mass is 10.1. The molecule has 24 heavy (non-hydrogen) atoms. The Bertz CT molecular complexity index is 759. The molecule has 0 saturated carbocycles. The first-order valence-electron chi connectivity index (χ1n) is 7.87. The molecule has 2 aromatic rings. The van der Waals surface area contributed by atoms with Gasteiger partial charge in [-0.25, -0.2) is 0 Å². The third-order valence-corrected chi connectivity index (χ3v) is 4.49. The number of carbonyl (C=O) groups is 2. The molecule has 1 atom stereocenters. The van der Waals surface area contributed by atoms with Crippen molar-refractivity contribution >= 4 is 29.1 Å². The number of benzene rings is 1. The van der Waals surface area contributed by atoms with Gasteiger partial charge in [0.15, 0.2) is 0 Å². The number of aromatic nitrogens is 2. The summed E-state index contributed by atoms with van der Waals surface area (Å²) in [5.41, 5.74) is 1.69. The Morgan fingerprint density at radius 1 is 1.42 bits per heavy atom. The highest BCUT2D eigenvalue weighted by Gasteiger charge is 2.33. The zero-order valence-electron chi connectivity index (χ0n) is 13.4. The maximum absolute atomic E-state index is 12.4. The highest BCUT2D eigenvalue weighted by molar-refractivity contribution is 6.31. The summed E-state index contributed by atoms with van der Waals surface area (Å²) in [5, 5.41) is 7.56. The number of amides is 2. The molecule has 0 spiro atoms. The fraction of sp³-hybridized carbons (Fsp3) is 0.353. The van der Waals surface area contributed by atoms with Crippen molar-refractivity contribution in [1.82, 2.24) is 15.1 Å². The first kappa shape index (κ1) is 16.5. The molecule has 2 heterocycles. The summed E-state index contributed by atoms with van der Waals surface area (Å²) in [6, 6.07) is 6.99. The van der Waals surface area contributed by atoms with Crippen LogP contribution in [0.4, 0.5) is 5.69 Å². The lowest BCUT2D eigenvalue weighted by Gasteiger charge is -2.15. The molecule has 1 aliphatic heterocycles. The minimum Gasteiger partial charge on any atom is -0.344 e. The number of carbonyl (C=O) groups excluding carboxylic acids is 2. The molecule has 6 nitrogen and oxygen atoms in total. The van der Waals surface area contributed by atoms with E-state index in [1.807, 2.05) is 18.2 Å². The van der Waals surface area contributed by atoms with Gasteiger partial charge in [-0.05, 0) is 24.5 Å². The van der Waals surface area contributed by atoms with Gasteiger partial charge in [-0.1, -0.05) is 29.8 Å². The number of hydrogen-bond acceptors (Lipinski definition) is 3. The van der Waals surface area contributed by atoms with E-state index in [0.29, 0.717) is 30.8 Å². The standard InChI is InChI=1S/C17H19ClN4O2/c1-21-11-13(10-19-21)22-9-8-15(17(22)24)20-16(23)7-6-12-4-2-3-5-14(12)18/h2-5,10-11,15H,6-9H2,1H3,(H,20,23). The number of nitrogens with one attached hydrogen (secondary N) is 1. The monoisotopic (exact) mass is 346 g/mol. The number of nitrogens with zero attached hydrogens (tertiary/aromatic N) is 3. The van der Waals surface area contributed by atoms with Crippen LogP contribution in [-0.2, 0) is 23.1 Å². The predicted molar refractivity (Wildman–Crippen MR) is 91.9 cm³/mol. The summed E-state index contributed by atoms with van der Waals surface area (Å²) in [7, 11) is 1.80. The second-order valence-corrected chi connectivity index (χ2v) is 6.27. The van der Waals surface area contributed by atoms with Gasteiger partial charge in [0.1, 0.15) is 6.04 Å². The minimum atomic E-state index is -0.469. The summed E-state index contributed by atoms with van der Waals surface area (Å²) in [5.74, 6) is -0.226. The Kier molecular flexibility index (Phi) is 4.85. The van der Waals surface area contributed by atoms with Gasteiger partial charge in [-0.15, -0.1) is 0 Å². The smallest absolute Gasteiger partial charge is 0.249 e. The molecular weight excluding hydrogens is 328 g/mol. The summed E-state index contributed by atoms with van der Waals surface area (Å²) >= 11 is 6.09. The van der Waals surface area contributed by atoms with Crippen molar-refractivity contribution < 1.29 is 9.59 Å². The van der Waals surface area contributed by atoms with Crippen LogP contribution < -0.4 is 10.2 Å². The van der Waals surface area contributed by atoms with Gasteiger partial charge in [0.2, 0.25) is 11.8 Å². The molecule has 0 bridgehead atoms. The largest absolute Gasteiger partial charge is 0.344 e. The first-order chi connectivity index (χ1) is 11.5. The topological polar surface area (TPSA) is 67.2 Å². The highest BCUT2D eigenvalue weighted by atomic mass is 35.5. The molecule has 1 fully saturated rings. The van der Waals surface area contributed by atoms with E-state index in [9.17, 15) is 9.59 Å². The van der Waals surface area contributed by atoms with Gasteiger partial charge in [-0.3, -0.25) is 14.3 Å². The number of rotatable bonds is 5. The molecule has 2 amide bonds. The molecule has 126 valence electrons. The number of hydrogen-bond donors (Lipinski definition) is 1. The minimum absolute atomic E-state index is 0.0888. The van der Waals surface area contributed by atoms with Crippen molar-refractivity contribution in [2.24, 2.45) is 7.05 Å². The highest BCUT2D eigenvalue weighted by Crippen LogP contribution is 2.21. The number of aryl methyl sites for hydroxylation is 2. The van der Waals surface area contributed by atoms with E-state index in [2.05, 4.69) is 10.4 Å². The summed E-state index contributed by atoms with van der Waals surface area (Å²) in [6.07, 6.45) is 4.91. The fourth-order valence-electron chi connectivity index (χ4n) is 2.83. The van der Waals surface area contributed by atoms with Crippen LogP contribution >= 0.6 is 11.6 Å². The fourth-order valence-corrected chi connectivity index (χ4v) is 3.06. The zero-order chi connectivity index (χ0) is 17.1. The molecule has 0 aliphatic carbocycles. The lowest BCUT2D eigenvalue weighted by Crippen LogP contribution is -2.41. The quantitative estimate of drug-likeness (QED) is 0.899. The molecule has 3 rings (SSSR count). The van der Waals surface area contributed by atoms with Gasteiger partial charge in [0, 0.05) is 31.2 Å². The van der Waals surface area contributed by atoms with Crippen LogP contribution in [0.25, 0.3) is 0 Å². The van der Waals surface area contributed by atoms with Crippen molar-refractivity contribution in [3.63, 3.8) is 0 Å². The molecule has 0 radical (unpaired) electrons. The van der Waals surface area contributed by atoms with Crippen molar-refractivity contribution in [3.05, 3.63) is 47.2 Å². The van der Waals surface area contributed by atoms with E-state index >= 15 is 0 Å². The average molecular weight is 347 g/mol. The van der Waals surface area contributed by atoms with Crippen LogP contribution in [-0.4, -0.2) is 34.2 Å². The molecular formula is C17H19ClN4O2. The molecule has 1 N–H and O–H groups in total. The van der Waals surface area contributed by atoms with Gasteiger partial charge in [0.25, 0.3) is 0 Å². The van der Waals surface area contributed by atoms with Crippen LogP contribution in [0.5, 0.6) is 0 Å². The van der Waals surface area contributed by atoms with Crippen LogP contribution in [0.2, 0.25) is 5.02 Å². The van der Waals surface area contributed by atoms with Gasteiger partial charge >= 0.3 is 0 Å². The third-order valence-electron chi connectivity index (χ3n) is 4.12. The maximum Gasteiger partial charge on any atom is 0.249 e. The second-order valence-electron chi connectivity index (χ2n) is 5.86. The Morgan fingerprint density at radius 2 is 2.21 bits per heavy atom. The third kappa shape index (κ3) is 3.59. The Balaban J connectivity index is 1.54. The van der Waals surface area contributed by atoms with Crippen molar-refractivity contribution in [2.45, 2.75) is 25.3 Å². The van der Waals surface area contributed by atoms with E-state index in [0.717, 1.165) is 11.3 Å². The predicted octanol–water partition coefficient (Wildman–Crippen LogP) is 1.93. The average Bonchev–Trinajstić information content (AvgIpc) is 3.13. The Morgan fingerprint density at radius 3 is 2.92 bits per heavy atom. The SMILES string of the molecule is Cn1cc(N2CCC(NC(=O)CCc3ccccc3Cl)C2=O)cn1. The van der Waals surface area contributed by atoms with Gasteiger partial charge in [-0.2, -0.15) is 5.10 Å². The van der Waals surface area contributed by atoms with E-state index in [4.69, 9.17) is 11.6 Å². The number of halogens is 1. The van der Waals surface area contributed by atoms with E-state index in [1.54, 1.807) is 35.1 Å². The van der Waals surface area contributed by atoms with Crippen LogP contribution in [0, 0.1) is 0 Å². The van der Waals surface area contributed by atoms with Gasteiger partial charge < -0.3 is 10.2 Å². The molecule has 1 aliphatic rings.